The lowest BCUT2D eigenvalue weighted by Gasteiger charge is -2.18. The van der Waals surface area contributed by atoms with Crippen molar-refractivity contribution in [3.8, 4) is 0 Å². The van der Waals surface area contributed by atoms with Gasteiger partial charge in [0, 0.05) is 6.04 Å². The van der Waals surface area contributed by atoms with E-state index in [1.54, 1.807) is 12.1 Å². The molecule has 1 atom stereocenters. The number of halogens is 2. The fraction of sp³-hybridized carbons (Fsp3) is 0.250. The van der Waals surface area contributed by atoms with E-state index in [0.29, 0.717) is 4.47 Å². The highest BCUT2D eigenvalue weighted by Gasteiger charge is 2.13. The van der Waals surface area contributed by atoms with E-state index in [9.17, 15) is 4.39 Å². The molecule has 0 saturated heterocycles. The Balaban J connectivity index is 2.25. The number of hydrogen-bond acceptors (Lipinski definition) is 1. The first kappa shape index (κ1) is 14.2. The van der Waals surface area contributed by atoms with E-state index in [1.165, 1.54) is 11.1 Å². The van der Waals surface area contributed by atoms with Crippen LogP contribution in [0.2, 0.25) is 0 Å². The second-order valence-corrected chi connectivity index (χ2v) is 5.50. The van der Waals surface area contributed by atoms with E-state index in [-0.39, 0.29) is 11.9 Å². The molecule has 1 unspecified atom stereocenters. The van der Waals surface area contributed by atoms with E-state index in [0.717, 1.165) is 12.0 Å². The topological polar surface area (TPSA) is 12.0 Å². The van der Waals surface area contributed by atoms with Crippen molar-refractivity contribution in [1.82, 2.24) is 5.32 Å². The van der Waals surface area contributed by atoms with Crippen molar-refractivity contribution < 1.29 is 4.39 Å². The van der Waals surface area contributed by atoms with Crippen LogP contribution in [0.1, 0.15) is 22.7 Å². The molecular formula is C16H17BrFN. The average Bonchev–Trinajstić information content (AvgIpc) is 2.41. The predicted molar refractivity (Wildman–Crippen MR) is 80.8 cm³/mol. The lowest BCUT2D eigenvalue weighted by molar-refractivity contribution is 0.574. The molecule has 0 spiro atoms. The van der Waals surface area contributed by atoms with Crippen LogP contribution in [0.15, 0.2) is 46.9 Å². The monoisotopic (exact) mass is 321 g/mol. The van der Waals surface area contributed by atoms with Crippen LogP contribution in [0.5, 0.6) is 0 Å². The Labute approximate surface area is 122 Å². The van der Waals surface area contributed by atoms with Gasteiger partial charge in [0.2, 0.25) is 0 Å². The van der Waals surface area contributed by atoms with E-state index >= 15 is 0 Å². The molecule has 0 bridgehead atoms. The fourth-order valence-electron chi connectivity index (χ4n) is 2.17. The van der Waals surface area contributed by atoms with Gasteiger partial charge < -0.3 is 5.32 Å². The van der Waals surface area contributed by atoms with Gasteiger partial charge in [0.05, 0.1) is 4.47 Å². The van der Waals surface area contributed by atoms with Gasteiger partial charge in [-0.05, 0) is 65.1 Å². The van der Waals surface area contributed by atoms with Crippen molar-refractivity contribution in [1.29, 1.82) is 0 Å². The van der Waals surface area contributed by atoms with Gasteiger partial charge in [-0.2, -0.15) is 0 Å². The van der Waals surface area contributed by atoms with Gasteiger partial charge in [0.1, 0.15) is 5.82 Å². The third-order valence-electron chi connectivity index (χ3n) is 3.38. The van der Waals surface area contributed by atoms with Crippen molar-refractivity contribution in [3.63, 3.8) is 0 Å². The summed E-state index contributed by atoms with van der Waals surface area (Å²) in [4.78, 5) is 0. The van der Waals surface area contributed by atoms with Crippen molar-refractivity contribution in [2.45, 2.75) is 19.4 Å². The highest BCUT2D eigenvalue weighted by Crippen LogP contribution is 2.24. The zero-order valence-electron chi connectivity index (χ0n) is 11.1. The Kier molecular flexibility index (Phi) is 4.72. The molecular weight excluding hydrogens is 305 g/mol. The molecule has 19 heavy (non-hydrogen) atoms. The lowest BCUT2D eigenvalue weighted by atomic mass is 9.96. The maximum Gasteiger partial charge on any atom is 0.137 e. The molecule has 1 nitrogen and oxygen atoms in total. The van der Waals surface area contributed by atoms with Crippen molar-refractivity contribution in [3.05, 3.63) is 69.4 Å². The Morgan fingerprint density at radius 2 is 1.95 bits per heavy atom. The molecule has 2 aromatic carbocycles. The Morgan fingerprint density at radius 1 is 1.21 bits per heavy atom. The minimum atomic E-state index is -0.220. The Hall–Kier alpha value is -1.19. The van der Waals surface area contributed by atoms with Gasteiger partial charge in [-0.15, -0.1) is 0 Å². The molecule has 0 fully saturated rings. The summed E-state index contributed by atoms with van der Waals surface area (Å²) in [5, 5.41) is 3.26. The van der Waals surface area contributed by atoms with Crippen LogP contribution in [0.4, 0.5) is 4.39 Å². The lowest BCUT2D eigenvalue weighted by Crippen LogP contribution is -2.19. The molecule has 0 amide bonds. The molecule has 1 N–H and O–H groups in total. The van der Waals surface area contributed by atoms with E-state index in [2.05, 4.69) is 40.3 Å². The molecule has 0 aliphatic carbocycles. The fourth-order valence-corrected chi connectivity index (χ4v) is 2.42. The van der Waals surface area contributed by atoms with Crippen molar-refractivity contribution in [2.24, 2.45) is 0 Å². The SMILES string of the molecule is CNC(Cc1ccccc1C)c1ccc(Br)c(F)c1. The summed E-state index contributed by atoms with van der Waals surface area (Å²) in [7, 11) is 1.91. The zero-order valence-corrected chi connectivity index (χ0v) is 12.7. The summed E-state index contributed by atoms with van der Waals surface area (Å²) < 4.78 is 14.1. The van der Waals surface area contributed by atoms with Gasteiger partial charge in [-0.25, -0.2) is 4.39 Å². The summed E-state index contributed by atoms with van der Waals surface area (Å²) in [6.07, 6.45) is 0.851. The summed E-state index contributed by atoms with van der Waals surface area (Å²) >= 11 is 3.18. The first-order valence-corrected chi connectivity index (χ1v) is 7.08. The van der Waals surface area contributed by atoms with Crippen LogP contribution in [0.3, 0.4) is 0 Å². The second kappa shape index (κ2) is 6.31. The van der Waals surface area contributed by atoms with E-state index in [4.69, 9.17) is 0 Å². The van der Waals surface area contributed by atoms with Crippen LogP contribution in [0, 0.1) is 12.7 Å². The van der Waals surface area contributed by atoms with Gasteiger partial charge in [0.15, 0.2) is 0 Å². The molecule has 100 valence electrons. The maximum atomic E-state index is 13.6. The maximum absolute atomic E-state index is 13.6. The van der Waals surface area contributed by atoms with Gasteiger partial charge in [0.25, 0.3) is 0 Å². The van der Waals surface area contributed by atoms with Crippen molar-refractivity contribution >= 4 is 15.9 Å². The summed E-state index contributed by atoms with van der Waals surface area (Å²) in [5.41, 5.74) is 3.51. The quantitative estimate of drug-likeness (QED) is 0.880. The van der Waals surface area contributed by atoms with Gasteiger partial charge in [-0.3, -0.25) is 0 Å². The van der Waals surface area contributed by atoms with Crippen LogP contribution in [0.25, 0.3) is 0 Å². The minimum absolute atomic E-state index is 0.115. The predicted octanol–water partition coefficient (Wildman–Crippen LogP) is 4.40. The minimum Gasteiger partial charge on any atom is -0.313 e. The normalized spacial score (nSPS) is 12.4. The third-order valence-corrected chi connectivity index (χ3v) is 4.02. The molecule has 0 saturated carbocycles. The van der Waals surface area contributed by atoms with Crippen LogP contribution in [-0.4, -0.2) is 7.05 Å². The highest BCUT2D eigenvalue weighted by molar-refractivity contribution is 9.10. The molecule has 2 aromatic rings. The first-order valence-electron chi connectivity index (χ1n) is 6.28. The second-order valence-electron chi connectivity index (χ2n) is 4.65. The van der Waals surface area contributed by atoms with E-state index in [1.807, 2.05) is 25.2 Å². The summed E-state index contributed by atoms with van der Waals surface area (Å²) in [5.74, 6) is -0.220. The number of nitrogens with one attached hydrogen (secondary N) is 1. The smallest absolute Gasteiger partial charge is 0.137 e. The van der Waals surface area contributed by atoms with Crippen LogP contribution < -0.4 is 5.32 Å². The number of rotatable bonds is 4. The largest absolute Gasteiger partial charge is 0.313 e. The Bertz CT molecular complexity index is 568. The van der Waals surface area contributed by atoms with Crippen molar-refractivity contribution in [2.75, 3.05) is 7.05 Å². The summed E-state index contributed by atoms with van der Waals surface area (Å²) in [6.45, 7) is 2.10. The Morgan fingerprint density at radius 3 is 2.58 bits per heavy atom. The molecule has 0 radical (unpaired) electrons. The number of aryl methyl sites for hydroxylation is 1. The molecule has 2 rings (SSSR count). The highest BCUT2D eigenvalue weighted by atomic mass is 79.9. The van der Waals surface area contributed by atoms with Gasteiger partial charge in [-0.1, -0.05) is 30.3 Å². The third kappa shape index (κ3) is 3.43. The van der Waals surface area contributed by atoms with E-state index < -0.39 is 0 Å². The molecule has 0 heterocycles. The summed E-state index contributed by atoms with van der Waals surface area (Å²) in [6, 6.07) is 13.7. The average molecular weight is 322 g/mol. The van der Waals surface area contributed by atoms with Gasteiger partial charge >= 0.3 is 0 Å². The molecule has 0 aliphatic rings. The van der Waals surface area contributed by atoms with Crippen LogP contribution >= 0.6 is 15.9 Å². The molecule has 3 heteroatoms. The molecule has 0 aliphatic heterocycles. The first-order chi connectivity index (χ1) is 9.11. The molecule has 0 aromatic heterocycles. The van der Waals surface area contributed by atoms with Crippen LogP contribution in [-0.2, 0) is 6.42 Å². The number of likely N-dealkylation sites (N-methyl/N-ethyl adjacent to an activating group) is 1. The zero-order chi connectivity index (χ0) is 13.8. The number of benzene rings is 2. The number of hydrogen-bond donors (Lipinski definition) is 1. The standard InChI is InChI=1S/C16H17BrFN/c1-11-5-3-4-6-12(11)10-16(19-2)13-7-8-14(17)15(18)9-13/h3-9,16,19H,10H2,1-2H3.